The largest absolute Gasteiger partial charge is 0.493 e. The minimum Gasteiger partial charge on any atom is -0.493 e. The van der Waals surface area contributed by atoms with Crippen molar-refractivity contribution in [2.24, 2.45) is 5.16 Å². The van der Waals surface area contributed by atoms with Crippen molar-refractivity contribution in [3.63, 3.8) is 0 Å². The molecule has 0 aliphatic rings. The summed E-state index contributed by atoms with van der Waals surface area (Å²) < 4.78 is 12.0. The van der Waals surface area contributed by atoms with Crippen molar-refractivity contribution in [2.75, 3.05) is 7.11 Å². The average molecular weight is 452 g/mol. The number of ether oxygens (including phenoxy) is 2. The first-order valence-corrected chi connectivity index (χ1v) is 8.00. The summed E-state index contributed by atoms with van der Waals surface area (Å²) in [7, 11) is 1.55. The number of methoxy groups -OCH3 is 1. The van der Waals surface area contributed by atoms with Gasteiger partial charge in [-0.3, -0.25) is 0 Å². The lowest BCUT2D eigenvalue weighted by Crippen LogP contribution is -2.01. The van der Waals surface area contributed by atoms with Crippen LogP contribution in [0.1, 0.15) is 11.1 Å². The Bertz CT molecular complexity index is 707. The summed E-state index contributed by atoms with van der Waals surface area (Å²) in [5.74, 6) is 1.17. The highest BCUT2D eigenvalue weighted by Crippen LogP contribution is 2.34. The molecule has 0 aliphatic heterocycles. The van der Waals surface area contributed by atoms with Crippen LogP contribution in [0.3, 0.4) is 0 Å². The van der Waals surface area contributed by atoms with Gasteiger partial charge in [-0.2, -0.15) is 0 Å². The normalized spacial score (nSPS) is 10.9. The van der Waals surface area contributed by atoms with Crippen LogP contribution in [0.15, 0.2) is 35.5 Å². The summed E-state index contributed by atoms with van der Waals surface area (Å²) in [6.07, 6.45) is 1.33. The lowest BCUT2D eigenvalue weighted by Gasteiger charge is -2.13. The van der Waals surface area contributed by atoms with E-state index in [4.69, 9.17) is 37.9 Å². The molecule has 0 unspecified atom stereocenters. The van der Waals surface area contributed by atoms with E-state index >= 15 is 0 Å². The van der Waals surface area contributed by atoms with Crippen molar-refractivity contribution in [2.45, 2.75) is 6.61 Å². The van der Waals surface area contributed by atoms with Crippen LogP contribution in [0.4, 0.5) is 0 Å². The van der Waals surface area contributed by atoms with Crippen LogP contribution in [0.5, 0.6) is 11.5 Å². The Morgan fingerprint density at radius 3 is 2.64 bits per heavy atom. The van der Waals surface area contributed by atoms with Gasteiger partial charge in [0.2, 0.25) is 0 Å². The predicted octanol–water partition coefficient (Wildman–Crippen LogP) is 4.99. The Balaban J connectivity index is 2.23. The smallest absolute Gasteiger partial charge is 0.174 e. The summed E-state index contributed by atoms with van der Waals surface area (Å²) in [5, 5.41) is 12.6. The van der Waals surface area contributed by atoms with Gasteiger partial charge in [-0.15, -0.1) is 0 Å². The molecule has 0 aromatic heterocycles. The lowest BCUT2D eigenvalue weighted by molar-refractivity contribution is 0.282. The van der Waals surface area contributed by atoms with Crippen molar-refractivity contribution in [3.05, 3.63) is 55.1 Å². The van der Waals surface area contributed by atoms with E-state index in [1.807, 2.05) is 12.1 Å². The first-order valence-electron chi connectivity index (χ1n) is 6.17. The van der Waals surface area contributed by atoms with E-state index in [9.17, 15) is 0 Å². The highest BCUT2D eigenvalue weighted by atomic mass is 127. The molecule has 1 N–H and O–H groups in total. The van der Waals surface area contributed by atoms with Crippen LogP contribution in [-0.4, -0.2) is 18.5 Å². The molecule has 0 bridgehead atoms. The van der Waals surface area contributed by atoms with Crippen molar-refractivity contribution in [1.29, 1.82) is 0 Å². The van der Waals surface area contributed by atoms with Gasteiger partial charge in [0.1, 0.15) is 6.61 Å². The molecule has 7 heteroatoms. The zero-order chi connectivity index (χ0) is 16.1. The fraction of sp³-hybridized carbons (Fsp3) is 0.133. The van der Waals surface area contributed by atoms with E-state index in [1.54, 1.807) is 25.3 Å². The molecule has 22 heavy (non-hydrogen) atoms. The number of hydrogen-bond donors (Lipinski definition) is 1. The molecule has 0 aliphatic carbocycles. The van der Waals surface area contributed by atoms with Crippen molar-refractivity contribution in [3.8, 4) is 11.5 Å². The second-order valence-electron chi connectivity index (χ2n) is 4.32. The fourth-order valence-electron chi connectivity index (χ4n) is 1.81. The van der Waals surface area contributed by atoms with Gasteiger partial charge in [0, 0.05) is 5.56 Å². The maximum Gasteiger partial charge on any atom is 0.174 e. The minimum absolute atomic E-state index is 0.330. The van der Waals surface area contributed by atoms with Gasteiger partial charge in [-0.1, -0.05) is 34.4 Å². The van der Waals surface area contributed by atoms with E-state index in [0.717, 1.165) is 9.13 Å². The first kappa shape index (κ1) is 17.2. The monoisotopic (exact) mass is 451 g/mol. The maximum atomic E-state index is 8.62. The molecule has 4 nitrogen and oxygen atoms in total. The average Bonchev–Trinajstić information content (AvgIpc) is 2.49. The van der Waals surface area contributed by atoms with Gasteiger partial charge in [0.25, 0.3) is 0 Å². The van der Waals surface area contributed by atoms with Crippen LogP contribution < -0.4 is 9.47 Å². The molecule has 0 amide bonds. The van der Waals surface area contributed by atoms with Gasteiger partial charge in [-0.05, 0) is 52.4 Å². The van der Waals surface area contributed by atoms with Crippen molar-refractivity contribution < 1.29 is 14.7 Å². The third-order valence-electron chi connectivity index (χ3n) is 2.83. The number of hydrogen-bond acceptors (Lipinski definition) is 4. The molecule has 116 valence electrons. The highest BCUT2D eigenvalue weighted by molar-refractivity contribution is 14.1. The van der Waals surface area contributed by atoms with Gasteiger partial charge < -0.3 is 14.7 Å². The van der Waals surface area contributed by atoms with Crippen LogP contribution >= 0.6 is 45.8 Å². The van der Waals surface area contributed by atoms with E-state index < -0.39 is 0 Å². The minimum atomic E-state index is 0.330. The maximum absolute atomic E-state index is 8.62. The zero-order valence-electron chi connectivity index (χ0n) is 11.5. The topological polar surface area (TPSA) is 51.0 Å². The van der Waals surface area contributed by atoms with Gasteiger partial charge in [0.15, 0.2) is 11.5 Å². The molecule has 0 atom stereocenters. The predicted molar refractivity (Wildman–Crippen MR) is 95.9 cm³/mol. The Hall–Kier alpha value is -1.18. The van der Waals surface area contributed by atoms with E-state index in [0.29, 0.717) is 33.7 Å². The number of oxime groups is 1. The Morgan fingerprint density at radius 2 is 2.00 bits per heavy atom. The number of rotatable bonds is 5. The highest BCUT2D eigenvalue weighted by Gasteiger charge is 2.12. The molecule has 2 rings (SSSR count). The third-order valence-corrected chi connectivity index (χ3v) is 4.37. The quantitative estimate of drug-likeness (QED) is 0.301. The summed E-state index contributed by atoms with van der Waals surface area (Å²) in [5.41, 5.74) is 1.61. The van der Waals surface area contributed by atoms with Crippen LogP contribution in [-0.2, 0) is 6.61 Å². The lowest BCUT2D eigenvalue weighted by atomic mass is 10.2. The molecular formula is C15H12Cl2INO3. The van der Waals surface area contributed by atoms with Gasteiger partial charge in [0.05, 0.1) is 26.9 Å². The molecular weight excluding hydrogens is 440 g/mol. The van der Waals surface area contributed by atoms with Crippen molar-refractivity contribution >= 4 is 52.0 Å². The Morgan fingerprint density at radius 1 is 1.23 bits per heavy atom. The summed E-state index contributed by atoms with van der Waals surface area (Å²) in [6, 6.07) is 8.89. The van der Waals surface area contributed by atoms with E-state index in [-0.39, 0.29) is 0 Å². The molecule has 0 radical (unpaired) electrons. The molecule has 0 saturated carbocycles. The molecule has 0 spiro atoms. The Labute approximate surface area is 151 Å². The summed E-state index contributed by atoms with van der Waals surface area (Å²) >= 11 is 14.0. The molecule has 2 aromatic carbocycles. The molecule has 2 aromatic rings. The Kier molecular flexibility index (Phi) is 6.16. The number of benzene rings is 2. The second-order valence-corrected chi connectivity index (χ2v) is 6.29. The molecule has 0 saturated heterocycles. The SMILES string of the molecule is COc1cc(/C=N\O)cc(I)c1OCc1ccc(Cl)c(Cl)c1. The van der Waals surface area contributed by atoms with E-state index in [2.05, 4.69) is 27.7 Å². The zero-order valence-corrected chi connectivity index (χ0v) is 15.2. The molecule has 0 heterocycles. The van der Waals surface area contributed by atoms with Crippen LogP contribution in [0.2, 0.25) is 10.0 Å². The van der Waals surface area contributed by atoms with Gasteiger partial charge >= 0.3 is 0 Å². The van der Waals surface area contributed by atoms with Crippen LogP contribution in [0.25, 0.3) is 0 Å². The summed E-state index contributed by atoms with van der Waals surface area (Å²) in [4.78, 5) is 0. The third kappa shape index (κ3) is 4.18. The number of halogens is 3. The van der Waals surface area contributed by atoms with Crippen LogP contribution in [0, 0.1) is 3.57 Å². The molecule has 0 fully saturated rings. The van der Waals surface area contributed by atoms with Gasteiger partial charge in [-0.25, -0.2) is 0 Å². The van der Waals surface area contributed by atoms with Crippen molar-refractivity contribution in [1.82, 2.24) is 0 Å². The second kappa shape index (κ2) is 7.89. The fourth-order valence-corrected chi connectivity index (χ4v) is 2.91. The first-order chi connectivity index (χ1) is 10.5. The number of nitrogens with zero attached hydrogens (tertiary/aromatic N) is 1. The summed E-state index contributed by atoms with van der Waals surface area (Å²) in [6.45, 7) is 0.330. The van der Waals surface area contributed by atoms with E-state index in [1.165, 1.54) is 6.21 Å². The standard InChI is InChI=1S/C15H12Cl2INO3/c1-21-14-6-10(7-19-20)5-13(18)15(14)22-8-9-2-3-11(16)12(17)4-9/h2-7,20H,8H2,1H3/b19-7-.